The van der Waals surface area contributed by atoms with Crippen LogP contribution in [0.4, 0.5) is 5.69 Å². The Hall–Kier alpha value is -3.57. The first kappa shape index (κ1) is 36.3. The van der Waals surface area contributed by atoms with Gasteiger partial charge in [0.25, 0.3) is 10.0 Å². The molecule has 0 aliphatic heterocycles. The van der Waals surface area contributed by atoms with Crippen molar-refractivity contribution < 1.29 is 22.7 Å². The minimum absolute atomic E-state index is 0.00642. The van der Waals surface area contributed by atoms with Gasteiger partial charge in [-0.2, -0.15) is 0 Å². The molecule has 248 valence electrons. The highest BCUT2D eigenvalue weighted by molar-refractivity contribution is 9.10. The van der Waals surface area contributed by atoms with Crippen molar-refractivity contribution >= 4 is 66.7 Å². The van der Waals surface area contributed by atoms with Gasteiger partial charge < -0.3 is 15.0 Å². The van der Waals surface area contributed by atoms with E-state index in [9.17, 15) is 18.0 Å². The molecule has 0 spiro atoms. The van der Waals surface area contributed by atoms with Gasteiger partial charge in [0.2, 0.25) is 11.8 Å². The summed E-state index contributed by atoms with van der Waals surface area (Å²) in [5.74, 6) is -0.438. The molecule has 0 aromatic heterocycles. The summed E-state index contributed by atoms with van der Waals surface area (Å²) in [7, 11) is -4.25. The minimum atomic E-state index is -4.25. The van der Waals surface area contributed by atoms with Crippen LogP contribution in [0.3, 0.4) is 0 Å². The van der Waals surface area contributed by atoms with Gasteiger partial charge in [-0.3, -0.25) is 13.9 Å². The molecular weight excluding hydrogens is 725 g/mol. The zero-order valence-corrected chi connectivity index (χ0v) is 30.1. The average Bonchev–Trinajstić information content (AvgIpc) is 3.03. The number of nitrogens with zero attached hydrogens (tertiary/aromatic N) is 2. The molecule has 4 aromatic carbocycles. The van der Waals surface area contributed by atoms with E-state index in [0.29, 0.717) is 32.4 Å². The molecule has 1 unspecified atom stereocenters. The maximum Gasteiger partial charge on any atom is 0.264 e. The molecule has 0 radical (unpaired) electrons. The number of hydrogen-bond donors (Lipinski definition) is 1. The molecule has 1 atom stereocenters. The van der Waals surface area contributed by atoms with Crippen molar-refractivity contribution in [2.45, 2.75) is 50.7 Å². The van der Waals surface area contributed by atoms with Crippen LogP contribution >= 0.6 is 39.1 Å². The Labute approximate surface area is 294 Å². The minimum Gasteiger partial charge on any atom is -0.494 e. The number of anilines is 1. The SMILES string of the molecule is CCOc1ccc(N(CC(=O)N(Cc2ccc(Cl)cc2Cl)C(Cc2ccccc2)C(=O)NC(C)C)S(=O)(=O)c2ccc(Br)cc2)cc1. The largest absolute Gasteiger partial charge is 0.494 e. The number of ether oxygens (including phenoxy) is 1. The van der Waals surface area contributed by atoms with Gasteiger partial charge in [-0.05, 0) is 92.6 Å². The lowest BCUT2D eigenvalue weighted by Crippen LogP contribution is -2.54. The van der Waals surface area contributed by atoms with Crippen molar-refractivity contribution in [3.05, 3.63) is 123 Å². The van der Waals surface area contributed by atoms with E-state index < -0.39 is 28.5 Å². The van der Waals surface area contributed by atoms with E-state index in [1.165, 1.54) is 17.0 Å². The van der Waals surface area contributed by atoms with Gasteiger partial charge in [0, 0.05) is 33.5 Å². The van der Waals surface area contributed by atoms with Crippen LogP contribution in [0.25, 0.3) is 0 Å². The van der Waals surface area contributed by atoms with Gasteiger partial charge in [0.15, 0.2) is 0 Å². The second-order valence-corrected chi connectivity index (χ2v) is 14.6. The first-order chi connectivity index (χ1) is 22.4. The van der Waals surface area contributed by atoms with Crippen LogP contribution in [0, 0.1) is 0 Å². The summed E-state index contributed by atoms with van der Waals surface area (Å²) in [5.41, 5.74) is 1.62. The molecule has 47 heavy (non-hydrogen) atoms. The van der Waals surface area contributed by atoms with Crippen LogP contribution in [-0.4, -0.2) is 50.4 Å². The normalized spacial score (nSPS) is 12.0. The Bertz CT molecular complexity index is 1770. The second-order valence-electron chi connectivity index (χ2n) is 11.0. The van der Waals surface area contributed by atoms with Crippen molar-refractivity contribution in [3.63, 3.8) is 0 Å². The lowest BCUT2D eigenvalue weighted by atomic mass is 10.0. The summed E-state index contributed by atoms with van der Waals surface area (Å²) in [6.07, 6.45) is 0.179. The fraction of sp³-hybridized carbons (Fsp3) is 0.257. The third-order valence-corrected chi connectivity index (χ3v) is 10.1. The van der Waals surface area contributed by atoms with E-state index in [0.717, 1.165) is 9.87 Å². The van der Waals surface area contributed by atoms with Crippen molar-refractivity contribution in [2.24, 2.45) is 0 Å². The van der Waals surface area contributed by atoms with Crippen LogP contribution in [-0.2, 0) is 32.6 Å². The van der Waals surface area contributed by atoms with Crippen molar-refractivity contribution in [3.8, 4) is 5.75 Å². The average molecular weight is 762 g/mol. The summed E-state index contributed by atoms with van der Waals surface area (Å²) in [4.78, 5) is 29.8. The zero-order chi connectivity index (χ0) is 34.1. The Morgan fingerprint density at radius 3 is 2.17 bits per heavy atom. The highest BCUT2D eigenvalue weighted by Crippen LogP contribution is 2.29. The second kappa shape index (κ2) is 16.5. The standard InChI is InChI=1S/C35H36BrCl2N3O5S/c1-4-46-30-16-14-29(15-17-30)41(47(44,45)31-18-11-27(36)12-19-31)23-34(42)40(22-26-10-13-28(37)21-32(26)38)33(35(43)39-24(2)3)20-25-8-6-5-7-9-25/h5-19,21,24,33H,4,20,22-23H2,1-3H3,(H,39,43). The van der Waals surface area contributed by atoms with Crippen LogP contribution < -0.4 is 14.4 Å². The van der Waals surface area contributed by atoms with Gasteiger partial charge in [-0.25, -0.2) is 8.42 Å². The van der Waals surface area contributed by atoms with Crippen LogP contribution in [0.2, 0.25) is 10.0 Å². The summed E-state index contributed by atoms with van der Waals surface area (Å²) in [6.45, 7) is 5.27. The smallest absolute Gasteiger partial charge is 0.264 e. The highest BCUT2D eigenvalue weighted by Gasteiger charge is 2.35. The molecule has 0 saturated heterocycles. The lowest BCUT2D eigenvalue weighted by molar-refractivity contribution is -0.140. The number of carbonyl (C=O) groups excluding carboxylic acids is 2. The number of hydrogen-bond acceptors (Lipinski definition) is 5. The molecule has 8 nitrogen and oxygen atoms in total. The molecule has 2 amide bonds. The summed E-state index contributed by atoms with van der Waals surface area (Å²) < 4.78 is 35.7. The van der Waals surface area contributed by atoms with Crippen LogP contribution in [0.5, 0.6) is 5.75 Å². The number of sulfonamides is 1. The van der Waals surface area contributed by atoms with E-state index in [4.69, 9.17) is 27.9 Å². The predicted octanol–water partition coefficient (Wildman–Crippen LogP) is 7.51. The van der Waals surface area contributed by atoms with Gasteiger partial charge in [-0.1, -0.05) is 75.5 Å². The van der Waals surface area contributed by atoms with E-state index in [1.807, 2.05) is 51.1 Å². The number of halogens is 3. The van der Waals surface area contributed by atoms with Crippen LogP contribution in [0.1, 0.15) is 31.9 Å². The first-order valence-electron chi connectivity index (χ1n) is 15.0. The zero-order valence-electron chi connectivity index (χ0n) is 26.2. The predicted molar refractivity (Wildman–Crippen MR) is 191 cm³/mol. The first-order valence-corrected chi connectivity index (χ1v) is 18.0. The quantitative estimate of drug-likeness (QED) is 0.144. The molecular formula is C35H36BrCl2N3O5S. The number of rotatable bonds is 14. The van der Waals surface area contributed by atoms with Crippen molar-refractivity contribution in [1.82, 2.24) is 10.2 Å². The third-order valence-electron chi connectivity index (χ3n) is 7.17. The molecule has 0 fully saturated rings. The lowest BCUT2D eigenvalue weighted by Gasteiger charge is -2.34. The summed E-state index contributed by atoms with van der Waals surface area (Å²) in [6, 6.07) is 25.6. The van der Waals surface area contributed by atoms with Crippen LogP contribution in [0.15, 0.2) is 106 Å². The van der Waals surface area contributed by atoms with Gasteiger partial charge >= 0.3 is 0 Å². The molecule has 0 heterocycles. The molecule has 0 aliphatic rings. The van der Waals surface area contributed by atoms with E-state index in [2.05, 4.69) is 21.2 Å². The fourth-order valence-corrected chi connectivity index (χ4v) is 7.05. The fourth-order valence-electron chi connectivity index (χ4n) is 4.91. The molecule has 1 N–H and O–H groups in total. The Kier molecular flexibility index (Phi) is 12.7. The molecule has 0 bridgehead atoms. The van der Waals surface area contributed by atoms with Crippen molar-refractivity contribution in [2.75, 3.05) is 17.5 Å². The van der Waals surface area contributed by atoms with E-state index >= 15 is 0 Å². The maximum atomic E-state index is 14.6. The van der Waals surface area contributed by atoms with Crippen molar-refractivity contribution in [1.29, 1.82) is 0 Å². The monoisotopic (exact) mass is 759 g/mol. The topological polar surface area (TPSA) is 96.0 Å². The van der Waals surface area contributed by atoms with Gasteiger partial charge in [0.1, 0.15) is 18.3 Å². The molecule has 12 heteroatoms. The maximum absolute atomic E-state index is 14.6. The summed E-state index contributed by atoms with van der Waals surface area (Å²) in [5, 5.41) is 3.66. The number of benzene rings is 4. The van der Waals surface area contributed by atoms with E-state index in [1.54, 1.807) is 54.6 Å². The number of nitrogens with one attached hydrogen (secondary N) is 1. The molecule has 4 rings (SSSR count). The van der Waals surface area contributed by atoms with Gasteiger partial charge in [-0.15, -0.1) is 0 Å². The molecule has 0 saturated carbocycles. The molecule has 4 aromatic rings. The Morgan fingerprint density at radius 2 is 1.57 bits per heavy atom. The van der Waals surface area contributed by atoms with E-state index in [-0.39, 0.29) is 35.5 Å². The number of amides is 2. The highest BCUT2D eigenvalue weighted by atomic mass is 79.9. The number of carbonyl (C=O) groups is 2. The summed E-state index contributed by atoms with van der Waals surface area (Å²) >= 11 is 16.1. The van der Waals surface area contributed by atoms with Gasteiger partial charge in [0.05, 0.1) is 17.2 Å². The Balaban J connectivity index is 1.82. The Morgan fingerprint density at radius 1 is 0.915 bits per heavy atom. The third kappa shape index (κ3) is 9.73. The molecule has 0 aliphatic carbocycles.